The minimum absolute atomic E-state index is 0.0740. The fourth-order valence-electron chi connectivity index (χ4n) is 3.25. The lowest BCUT2D eigenvalue weighted by Crippen LogP contribution is -2.48. The lowest BCUT2D eigenvalue weighted by Gasteiger charge is -2.34. The topological polar surface area (TPSA) is 116 Å². The molecule has 1 fully saturated rings. The number of hydrogen-bond donors (Lipinski definition) is 2. The van der Waals surface area contributed by atoms with Crippen LogP contribution in [-0.4, -0.2) is 73.0 Å². The minimum atomic E-state index is -3.65. The Kier molecular flexibility index (Phi) is 5.84. The van der Waals surface area contributed by atoms with E-state index in [1.165, 1.54) is 28.6 Å². The molecule has 0 aromatic heterocycles. The molecule has 2 amide bonds. The Morgan fingerprint density at radius 1 is 1.14 bits per heavy atom. The molecular formula is C18H23N3O6S. The van der Waals surface area contributed by atoms with Crippen LogP contribution < -0.4 is 5.32 Å². The SMILES string of the molecule is CC1CN(S(=O)(=O)c2ccc(NC3=CC(=O)N(CCO)C3=O)cc2)CC(C)O1. The van der Waals surface area contributed by atoms with Gasteiger partial charge in [0.15, 0.2) is 0 Å². The molecule has 2 heterocycles. The molecule has 28 heavy (non-hydrogen) atoms. The summed E-state index contributed by atoms with van der Waals surface area (Å²) < 4.78 is 32.7. The van der Waals surface area contributed by atoms with Crippen molar-refractivity contribution in [2.24, 2.45) is 0 Å². The van der Waals surface area contributed by atoms with E-state index in [1.807, 2.05) is 13.8 Å². The molecule has 0 saturated carbocycles. The smallest absolute Gasteiger partial charge is 0.277 e. The van der Waals surface area contributed by atoms with Crippen molar-refractivity contribution < 1.29 is 27.9 Å². The number of amides is 2. The van der Waals surface area contributed by atoms with E-state index in [2.05, 4.69) is 5.32 Å². The number of nitrogens with one attached hydrogen (secondary N) is 1. The van der Waals surface area contributed by atoms with Crippen LogP contribution in [0.3, 0.4) is 0 Å². The number of sulfonamides is 1. The van der Waals surface area contributed by atoms with Crippen molar-refractivity contribution in [2.45, 2.75) is 31.0 Å². The van der Waals surface area contributed by atoms with E-state index in [0.29, 0.717) is 5.69 Å². The minimum Gasteiger partial charge on any atom is -0.395 e. The second kappa shape index (κ2) is 8.00. The van der Waals surface area contributed by atoms with Crippen molar-refractivity contribution in [3.8, 4) is 0 Å². The second-order valence-corrected chi connectivity index (χ2v) is 8.74. The van der Waals surface area contributed by atoms with Crippen LogP contribution in [0, 0.1) is 0 Å². The predicted octanol–water partition coefficient (Wildman–Crippen LogP) is 0.141. The summed E-state index contributed by atoms with van der Waals surface area (Å²) in [4.78, 5) is 25.0. The summed E-state index contributed by atoms with van der Waals surface area (Å²) in [5.74, 6) is -1.04. The molecule has 0 bridgehead atoms. The van der Waals surface area contributed by atoms with Crippen LogP contribution in [0.25, 0.3) is 0 Å². The van der Waals surface area contributed by atoms with Gasteiger partial charge in [-0.1, -0.05) is 0 Å². The highest BCUT2D eigenvalue weighted by atomic mass is 32.2. The van der Waals surface area contributed by atoms with Gasteiger partial charge in [0.05, 0.1) is 30.3 Å². The first kappa shape index (κ1) is 20.5. The molecule has 10 heteroatoms. The second-order valence-electron chi connectivity index (χ2n) is 6.81. The number of ether oxygens (including phenoxy) is 1. The van der Waals surface area contributed by atoms with E-state index < -0.39 is 21.8 Å². The summed E-state index contributed by atoms with van der Waals surface area (Å²) in [7, 11) is -3.65. The van der Waals surface area contributed by atoms with Crippen LogP contribution >= 0.6 is 0 Å². The first-order valence-electron chi connectivity index (χ1n) is 8.93. The first-order valence-corrected chi connectivity index (χ1v) is 10.4. The fraction of sp³-hybridized carbons (Fsp3) is 0.444. The Hall–Kier alpha value is -2.27. The standard InChI is InChI=1S/C18H23N3O6S/c1-12-10-20(11-13(2)27-12)28(25,26)15-5-3-14(4-6-15)19-16-9-17(23)21(7-8-22)18(16)24/h3-6,9,12-13,19,22H,7-8,10-11H2,1-2H3. The van der Waals surface area contributed by atoms with Crippen LogP contribution in [0.1, 0.15) is 13.8 Å². The third kappa shape index (κ3) is 4.09. The lowest BCUT2D eigenvalue weighted by molar-refractivity contribution is -0.137. The number of hydrogen-bond acceptors (Lipinski definition) is 7. The van der Waals surface area contributed by atoms with Gasteiger partial charge in [0, 0.05) is 24.9 Å². The highest BCUT2D eigenvalue weighted by molar-refractivity contribution is 7.89. The molecule has 0 spiro atoms. The summed E-state index contributed by atoms with van der Waals surface area (Å²) in [6.07, 6.45) is 0.789. The van der Waals surface area contributed by atoms with E-state index in [4.69, 9.17) is 9.84 Å². The molecular weight excluding hydrogens is 386 g/mol. The summed E-state index contributed by atoms with van der Waals surface area (Å²) in [6, 6.07) is 5.98. The molecule has 1 aromatic rings. The Morgan fingerprint density at radius 3 is 2.32 bits per heavy atom. The van der Waals surface area contributed by atoms with Crippen molar-refractivity contribution >= 4 is 27.5 Å². The van der Waals surface area contributed by atoms with Gasteiger partial charge in [0.1, 0.15) is 5.70 Å². The number of carbonyl (C=O) groups is 2. The highest BCUT2D eigenvalue weighted by Gasteiger charge is 2.33. The summed E-state index contributed by atoms with van der Waals surface area (Å²) in [6.45, 7) is 3.85. The van der Waals surface area contributed by atoms with Crippen molar-refractivity contribution in [3.63, 3.8) is 0 Å². The van der Waals surface area contributed by atoms with Gasteiger partial charge in [0.25, 0.3) is 11.8 Å². The number of morpholine rings is 1. The molecule has 2 aliphatic rings. The number of rotatable bonds is 6. The average molecular weight is 409 g/mol. The fourth-order valence-corrected chi connectivity index (χ4v) is 4.84. The zero-order chi connectivity index (χ0) is 20.5. The van der Waals surface area contributed by atoms with Crippen LogP contribution in [0.15, 0.2) is 40.9 Å². The summed E-state index contributed by atoms with van der Waals surface area (Å²) in [5, 5.41) is 11.7. The predicted molar refractivity (Wildman–Crippen MR) is 101 cm³/mol. The van der Waals surface area contributed by atoms with Gasteiger partial charge < -0.3 is 15.2 Å². The number of aliphatic hydroxyl groups is 1. The third-order valence-electron chi connectivity index (χ3n) is 4.49. The third-order valence-corrected chi connectivity index (χ3v) is 6.34. The number of benzene rings is 1. The Morgan fingerprint density at radius 2 is 1.75 bits per heavy atom. The summed E-state index contributed by atoms with van der Waals surface area (Å²) >= 11 is 0. The van der Waals surface area contributed by atoms with Gasteiger partial charge in [0.2, 0.25) is 10.0 Å². The zero-order valence-corrected chi connectivity index (χ0v) is 16.5. The number of anilines is 1. The maximum atomic E-state index is 12.9. The van der Waals surface area contributed by atoms with Gasteiger partial charge in [-0.3, -0.25) is 14.5 Å². The van der Waals surface area contributed by atoms with E-state index in [1.54, 1.807) is 0 Å². The largest absolute Gasteiger partial charge is 0.395 e. The maximum Gasteiger partial charge on any atom is 0.277 e. The van der Waals surface area contributed by atoms with E-state index in [9.17, 15) is 18.0 Å². The van der Waals surface area contributed by atoms with Gasteiger partial charge in [-0.05, 0) is 38.1 Å². The van der Waals surface area contributed by atoms with Crippen LogP contribution in [-0.2, 0) is 24.3 Å². The Labute approximate surface area is 163 Å². The van der Waals surface area contributed by atoms with E-state index >= 15 is 0 Å². The van der Waals surface area contributed by atoms with Crippen LogP contribution in [0.4, 0.5) is 5.69 Å². The van der Waals surface area contributed by atoms with Gasteiger partial charge in [-0.25, -0.2) is 8.42 Å². The molecule has 152 valence electrons. The monoisotopic (exact) mass is 409 g/mol. The quantitative estimate of drug-likeness (QED) is 0.642. The molecule has 0 radical (unpaired) electrons. The number of nitrogens with zero attached hydrogens (tertiary/aromatic N) is 2. The Bertz CT molecular complexity index is 886. The van der Waals surface area contributed by atoms with Crippen LogP contribution in [0.5, 0.6) is 0 Å². The van der Waals surface area contributed by atoms with Crippen molar-refractivity contribution in [3.05, 3.63) is 36.0 Å². The summed E-state index contributed by atoms with van der Waals surface area (Å²) in [5.41, 5.74) is 0.547. The van der Waals surface area contributed by atoms with Gasteiger partial charge >= 0.3 is 0 Å². The number of imide groups is 1. The molecule has 2 N–H and O–H groups in total. The molecule has 2 aliphatic heterocycles. The number of aliphatic hydroxyl groups excluding tert-OH is 1. The molecule has 1 aromatic carbocycles. The van der Waals surface area contributed by atoms with Crippen molar-refractivity contribution in [2.75, 3.05) is 31.6 Å². The van der Waals surface area contributed by atoms with Crippen molar-refractivity contribution in [1.29, 1.82) is 0 Å². The number of β-amino-alcohol motifs (C(OH)–C–C–N with tert-alkyl or cyclic N) is 1. The highest BCUT2D eigenvalue weighted by Crippen LogP contribution is 2.23. The molecule has 9 nitrogen and oxygen atoms in total. The van der Waals surface area contributed by atoms with E-state index in [0.717, 1.165) is 11.0 Å². The molecule has 2 unspecified atom stereocenters. The first-order chi connectivity index (χ1) is 13.2. The Balaban J connectivity index is 1.73. The van der Waals surface area contributed by atoms with E-state index in [-0.39, 0.29) is 49.0 Å². The molecule has 2 atom stereocenters. The lowest BCUT2D eigenvalue weighted by atomic mass is 10.3. The van der Waals surface area contributed by atoms with Crippen molar-refractivity contribution in [1.82, 2.24) is 9.21 Å². The number of carbonyl (C=O) groups excluding carboxylic acids is 2. The molecule has 1 saturated heterocycles. The van der Waals surface area contributed by atoms with Gasteiger partial charge in [-0.2, -0.15) is 4.31 Å². The molecule has 0 aliphatic carbocycles. The molecule has 3 rings (SSSR count). The maximum absolute atomic E-state index is 12.9. The zero-order valence-electron chi connectivity index (χ0n) is 15.7. The van der Waals surface area contributed by atoms with Crippen LogP contribution in [0.2, 0.25) is 0 Å². The normalized spacial score (nSPS) is 23.8. The average Bonchev–Trinajstić information content (AvgIpc) is 2.89. The van der Waals surface area contributed by atoms with Gasteiger partial charge in [-0.15, -0.1) is 0 Å².